The van der Waals surface area contributed by atoms with Crippen LogP contribution in [0.25, 0.3) is 10.8 Å². The number of aliphatic hydroxyl groups is 1. The van der Waals surface area contributed by atoms with E-state index in [1.165, 1.54) is 0 Å². The van der Waals surface area contributed by atoms with E-state index >= 15 is 0 Å². The summed E-state index contributed by atoms with van der Waals surface area (Å²) in [6.07, 6.45) is 1.50. The van der Waals surface area contributed by atoms with Crippen molar-refractivity contribution in [1.82, 2.24) is 10.6 Å². The summed E-state index contributed by atoms with van der Waals surface area (Å²) < 4.78 is 0. The number of rotatable bonds is 8. The molecule has 5 nitrogen and oxygen atoms in total. The van der Waals surface area contributed by atoms with E-state index in [0.29, 0.717) is 6.42 Å². The maximum atomic E-state index is 12.1. The Morgan fingerprint density at radius 1 is 1.08 bits per heavy atom. The van der Waals surface area contributed by atoms with Crippen LogP contribution in [0.5, 0.6) is 0 Å². The van der Waals surface area contributed by atoms with E-state index in [-0.39, 0.29) is 37.4 Å². The van der Waals surface area contributed by atoms with Gasteiger partial charge >= 0.3 is 0 Å². The molecular weight excluding hydrogens is 304 g/mol. The molecule has 3 N–H and O–H groups in total. The van der Waals surface area contributed by atoms with E-state index < -0.39 is 0 Å². The monoisotopic (exact) mass is 328 g/mol. The fraction of sp³-hybridized carbons (Fsp3) is 0.368. The molecule has 0 spiro atoms. The highest BCUT2D eigenvalue weighted by Crippen LogP contribution is 2.18. The van der Waals surface area contributed by atoms with Crippen LogP contribution in [0.3, 0.4) is 0 Å². The van der Waals surface area contributed by atoms with Gasteiger partial charge in [-0.25, -0.2) is 0 Å². The first kappa shape index (κ1) is 17.9. The number of nitrogens with one attached hydrogen (secondary N) is 2. The largest absolute Gasteiger partial charge is 0.396 e. The summed E-state index contributed by atoms with van der Waals surface area (Å²) in [7, 11) is 0. The fourth-order valence-electron chi connectivity index (χ4n) is 2.67. The van der Waals surface area contributed by atoms with Gasteiger partial charge in [-0.3, -0.25) is 9.59 Å². The Bertz CT molecular complexity index is 695. The van der Waals surface area contributed by atoms with Crippen molar-refractivity contribution in [3.05, 3.63) is 48.0 Å². The Hall–Kier alpha value is -2.40. The molecule has 2 aromatic carbocycles. The Labute approximate surface area is 142 Å². The molecule has 0 bridgehead atoms. The third kappa shape index (κ3) is 5.06. The SMILES string of the molecule is CCC(CCO)NC(=O)CNC(=O)Cc1cccc2ccccc12. The molecule has 24 heavy (non-hydrogen) atoms. The van der Waals surface area contributed by atoms with Crippen molar-refractivity contribution in [3.63, 3.8) is 0 Å². The predicted molar refractivity (Wildman–Crippen MR) is 94.6 cm³/mol. The van der Waals surface area contributed by atoms with E-state index in [4.69, 9.17) is 5.11 Å². The van der Waals surface area contributed by atoms with Gasteiger partial charge in [0.05, 0.1) is 13.0 Å². The molecule has 2 aromatic rings. The summed E-state index contributed by atoms with van der Waals surface area (Å²) in [5.41, 5.74) is 0.942. The van der Waals surface area contributed by atoms with Gasteiger partial charge in [-0.15, -0.1) is 0 Å². The number of hydrogen-bond acceptors (Lipinski definition) is 3. The lowest BCUT2D eigenvalue weighted by molar-refractivity contribution is -0.126. The molecule has 0 saturated heterocycles. The quantitative estimate of drug-likeness (QED) is 0.691. The van der Waals surface area contributed by atoms with Gasteiger partial charge in [-0.05, 0) is 29.2 Å². The minimum Gasteiger partial charge on any atom is -0.396 e. The number of amides is 2. The maximum absolute atomic E-state index is 12.1. The summed E-state index contributed by atoms with van der Waals surface area (Å²) in [4.78, 5) is 24.0. The third-order valence-electron chi connectivity index (χ3n) is 4.01. The summed E-state index contributed by atoms with van der Waals surface area (Å²) >= 11 is 0. The lowest BCUT2D eigenvalue weighted by atomic mass is 10.0. The molecule has 0 fully saturated rings. The Kier molecular flexibility index (Phi) is 6.75. The average molecular weight is 328 g/mol. The summed E-state index contributed by atoms with van der Waals surface area (Å²) in [5.74, 6) is -0.418. The molecule has 128 valence electrons. The zero-order chi connectivity index (χ0) is 17.4. The average Bonchev–Trinajstić information content (AvgIpc) is 2.60. The number of carbonyl (C=O) groups excluding carboxylic acids is 2. The molecule has 0 aliphatic heterocycles. The van der Waals surface area contributed by atoms with Gasteiger partial charge in [0.15, 0.2) is 0 Å². The summed E-state index contributed by atoms with van der Waals surface area (Å²) in [6, 6.07) is 13.7. The second-order valence-corrected chi connectivity index (χ2v) is 5.78. The second kappa shape index (κ2) is 9.03. The van der Waals surface area contributed by atoms with Crippen molar-refractivity contribution in [1.29, 1.82) is 0 Å². The highest BCUT2D eigenvalue weighted by Gasteiger charge is 2.12. The van der Waals surface area contributed by atoms with Crippen LogP contribution in [0, 0.1) is 0 Å². The van der Waals surface area contributed by atoms with Gasteiger partial charge in [-0.2, -0.15) is 0 Å². The standard InChI is InChI=1S/C19H24N2O3/c1-2-16(10-11-22)21-19(24)13-20-18(23)12-15-8-5-7-14-6-3-4-9-17(14)15/h3-9,16,22H,2,10-13H2,1H3,(H,20,23)(H,21,24). The van der Waals surface area contributed by atoms with Gasteiger partial charge in [0, 0.05) is 12.6 Å². The highest BCUT2D eigenvalue weighted by atomic mass is 16.3. The molecule has 0 saturated carbocycles. The molecule has 0 radical (unpaired) electrons. The molecule has 0 aromatic heterocycles. The third-order valence-corrected chi connectivity index (χ3v) is 4.01. The number of aliphatic hydroxyl groups excluding tert-OH is 1. The van der Waals surface area contributed by atoms with Crippen molar-refractivity contribution in [2.24, 2.45) is 0 Å². The Morgan fingerprint density at radius 3 is 2.58 bits per heavy atom. The minimum absolute atomic E-state index is 0.0340. The highest BCUT2D eigenvalue weighted by molar-refractivity contribution is 5.91. The van der Waals surface area contributed by atoms with Gasteiger partial charge in [0.2, 0.25) is 11.8 Å². The lowest BCUT2D eigenvalue weighted by Crippen LogP contribution is -2.42. The Morgan fingerprint density at radius 2 is 1.83 bits per heavy atom. The van der Waals surface area contributed by atoms with Crippen LogP contribution in [-0.2, 0) is 16.0 Å². The van der Waals surface area contributed by atoms with Crippen LogP contribution in [0.1, 0.15) is 25.3 Å². The number of fused-ring (bicyclic) bond motifs is 1. The molecular formula is C19H24N2O3. The molecule has 2 rings (SSSR count). The van der Waals surface area contributed by atoms with Crippen LogP contribution in [0.15, 0.2) is 42.5 Å². The van der Waals surface area contributed by atoms with Crippen LogP contribution in [0.4, 0.5) is 0 Å². The molecule has 1 atom stereocenters. The molecule has 0 aliphatic carbocycles. The topological polar surface area (TPSA) is 78.4 Å². The van der Waals surface area contributed by atoms with Crippen molar-refractivity contribution in [2.75, 3.05) is 13.2 Å². The van der Waals surface area contributed by atoms with Crippen molar-refractivity contribution < 1.29 is 14.7 Å². The predicted octanol–water partition coefficient (Wildman–Crippen LogP) is 1.78. The fourth-order valence-corrected chi connectivity index (χ4v) is 2.67. The van der Waals surface area contributed by atoms with Crippen LogP contribution >= 0.6 is 0 Å². The number of hydrogen-bond donors (Lipinski definition) is 3. The van der Waals surface area contributed by atoms with Crippen molar-refractivity contribution in [2.45, 2.75) is 32.2 Å². The van der Waals surface area contributed by atoms with Crippen LogP contribution in [-0.4, -0.2) is 36.1 Å². The van der Waals surface area contributed by atoms with Crippen molar-refractivity contribution >= 4 is 22.6 Å². The zero-order valence-corrected chi connectivity index (χ0v) is 13.9. The zero-order valence-electron chi connectivity index (χ0n) is 13.9. The normalized spacial score (nSPS) is 11.9. The first-order valence-corrected chi connectivity index (χ1v) is 8.27. The number of carbonyl (C=O) groups is 2. The Balaban J connectivity index is 1.88. The first-order valence-electron chi connectivity index (χ1n) is 8.27. The molecule has 0 heterocycles. The first-order chi connectivity index (χ1) is 11.6. The summed E-state index contributed by atoms with van der Waals surface area (Å²) in [5, 5.41) is 16.5. The van der Waals surface area contributed by atoms with E-state index in [1.807, 2.05) is 49.4 Å². The molecule has 0 aliphatic rings. The number of benzene rings is 2. The molecule has 2 amide bonds. The second-order valence-electron chi connectivity index (χ2n) is 5.78. The smallest absolute Gasteiger partial charge is 0.239 e. The van der Waals surface area contributed by atoms with Gasteiger partial charge in [0.25, 0.3) is 0 Å². The van der Waals surface area contributed by atoms with E-state index in [1.54, 1.807) is 0 Å². The maximum Gasteiger partial charge on any atom is 0.239 e. The molecule has 5 heteroatoms. The van der Waals surface area contributed by atoms with Gasteiger partial charge in [-0.1, -0.05) is 49.4 Å². The van der Waals surface area contributed by atoms with Gasteiger partial charge < -0.3 is 15.7 Å². The van der Waals surface area contributed by atoms with E-state index in [2.05, 4.69) is 10.6 Å². The van der Waals surface area contributed by atoms with E-state index in [9.17, 15) is 9.59 Å². The summed E-state index contributed by atoms with van der Waals surface area (Å²) in [6.45, 7) is 1.93. The lowest BCUT2D eigenvalue weighted by Gasteiger charge is -2.16. The van der Waals surface area contributed by atoms with Crippen LogP contribution in [0.2, 0.25) is 0 Å². The molecule has 1 unspecified atom stereocenters. The van der Waals surface area contributed by atoms with E-state index in [0.717, 1.165) is 22.8 Å². The van der Waals surface area contributed by atoms with Crippen LogP contribution < -0.4 is 10.6 Å². The van der Waals surface area contributed by atoms with Crippen molar-refractivity contribution in [3.8, 4) is 0 Å². The van der Waals surface area contributed by atoms with Gasteiger partial charge in [0.1, 0.15) is 0 Å². The minimum atomic E-state index is -0.235.